The summed E-state index contributed by atoms with van der Waals surface area (Å²) >= 11 is 11.8. The maximum atomic E-state index is 13.0. The zero-order chi connectivity index (χ0) is 15.0. The van der Waals surface area contributed by atoms with Crippen LogP contribution in [-0.4, -0.2) is 5.78 Å². The molecule has 0 saturated heterocycles. The third-order valence-corrected chi connectivity index (χ3v) is 3.71. The Morgan fingerprint density at radius 3 is 2.67 bits per heavy atom. The van der Waals surface area contributed by atoms with Crippen molar-refractivity contribution < 1.29 is 13.6 Å². The second kappa shape index (κ2) is 5.51. The minimum Gasteiger partial charge on any atom is -0.453 e. The number of hydrogen-bond acceptors (Lipinski definition) is 2. The van der Waals surface area contributed by atoms with E-state index in [2.05, 4.69) is 0 Å². The molecular weight excluding hydrogens is 314 g/mol. The van der Waals surface area contributed by atoms with Gasteiger partial charge < -0.3 is 4.42 Å². The van der Waals surface area contributed by atoms with E-state index in [4.69, 9.17) is 27.6 Å². The summed E-state index contributed by atoms with van der Waals surface area (Å²) in [4.78, 5) is 12.2. The molecule has 2 aromatic carbocycles. The van der Waals surface area contributed by atoms with Gasteiger partial charge >= 0.3 is 0 Å². The van der Waals surface area contributed by atoms with E-state index in [1.165, 1.54) is 18.2 Å². The van der Waals surface area contributed by atoms with Crippen LogP contribution in [0.5, 0.6) is 0 Å². The molecule has 21 heavy (non-hydrogen) atoms. The van der Waals surface area contributed by atoms with Gasteiger partial charge in [-0.3, -0.25) is 4.79 Å². The fourth-order valence-electron chi connectivity index (χ4n) is 2.08. The maximum absolute atomic E-state index is 13.0. The largest absolute Gasteiger partial charge is 0.453 e. The van der Waals surface area contributed by atoms with Gasteiger partial charge in [0.15, 0.2) is 5.76 Å². The summed E-state index contributed by atoms with van der Waals surface area (Å²) in [6.45, 7) is 0. The number of rotatable bonds is 3. The number of furan rings is 1. The average molecular weight is 323 g/mol. The van der Waals surface area contributed by atoms with E-state index in [9.17, 15) is 9.18 Å². The van der Waals surface area contributed by atoms with E-state index in [0.717, 1.165) is 5.39 Å². The molecule has 0 unspecified atom stereocenters. The Morgan fingerprint density at radius 2 is 1.90 bits per heavy atom. The van der Waals surface area contributed by atoms with Gasteiger partial charge in [0.1, 0.15) is 11.4 Å². The number of carbonyl (C=O) groups excluding carboxylic acids is 1. The first-order chi connectivity index (χ1) is 10.0. The van der Waals surface area contributed by atoms with E-state index in [1.807, 2.05) is 0 Å². The summed E-state index contributed by atoms with van der Waals surface area (Å²) in [7, 11) is 0. The molecule has 0 radical (unpaired) electrons. The highest BCUT2D eigenvalue weighted by molar-refractivity contribution is 6.32. The van der Waals surface area contributed by atoms with Crippen molar-refractivity contribution in [2.24, 2.45) is 0 Å². The average Bonchev–Trinajstić information content (AvgIpc) is 2.85. The minimum atomic E-state index is -0.436. The Labute approximate surface area is 130 Å². The Hall–Kier alpha value is -1.84. The lowest BCUT2D eigenvalue weighted by Crippen LogP contribution is -2.02. The quantitative estimate of drug-likeness (QED) is 0.612. The van der Waals surface area contributed by atoms with Crippen molar-refractivity contribution in [1.82, 2.24) is 0 Å². The molecule has 3 aromatic rings. The van der Waals surface area contributed by atoms with Gasteiger partial charge in [-0.25, -0.2) is 4.39 Å². The van der Waals surface area contributed by atoms with Crippen LogP contribution in [-0.2, 0) is 6.42 Å². The summed E-state index contributed by atoms with van der Waals surface area (Å²) in [5.74, 6) is -0.432. The zero-order valence-electron chi connectivity index (χ0n) is 10.7. The van der Waals surface area contributed by atoms with Gasteiger partial charge in [-0.05, 0) is 42.0 Å². The molecule has 1 aromatic heterocycles. The highest BCUT2D eigenvalue weighted by atomic mass is 35.5. The fraction of sp³-hybridized carbons (Fsp3) is 0.0625. The molecule has 0 fully saturated rings. The van der Waals surface area contributed by atoms with E-state index in [1.54, 1.807) is 24.3 Å². The van der Waals surface area contributed by atoms with E-state index < -0.39 is 5.82 Å². The van der Waals surface area contributed by atoms with E-state index in [0.29, 0.717) is 16.2 Å². The molecule has 3 rings (SSSR count). The van der Waals surface area contributed by atoms with Crippen molar-refractivity contribution in [3.63, 3.8) is 0 Å². The second-order valence-electron chi connectivity index (χ2n) is 4.63. The van der Waals surface area contributed by atoms with Gasteiger partial charge in [0.2, 0.25) is 5.78 Å². The molecule has 0 saturated carbocycles. The lowest BCUT2D eigenvalue weighted by atomic mass is 10.1. The molecule has 0 amide bonds. The van der Waals surface area contributed by atoms with Crippen LogP contribution in [0.4, 0.5) is 4.39 Å². The molecule has 0 aliphatic heterocycles. The van der Waals surface area contributed by atoms with Crippen molar-refractivity contribution in [3.05, 3.63) is 69.7 Å². The van der Waals surface area contributed by atoms with Crippen molar-refractivity contribution >= 4 is 40.0 Å². The molecule has 2 nitrogen and oxygen atoms in total. The molecule has 1 heterocycles. The smallest absolute Gasteiger partial charge is 0.202 e. The Balaban J connectivity index is 1.89. The standard InChI is InChI=1S/C16H9Cl2FO2/c17-11-2-4-15-10(5-11)7-16(21-15)14(20)6-9-1-3-12(19)8-13(9)18/h1-5,7-8H,6H2. The van der Waals surface area contributed by atoms with Gasteiger partial charge in [0, 0.05) is 21.9 Å². The van der Waals surface area contributed by atoms with Crippen LogP contribution in [0.2, 0.25) is 10.0 Å². The SMILES string of the molecule is O=C(Cc1ccc(F)cc1Cl)c1cc2cc(Cl)ccc2o1. The number of fused-ring (bicyclic) bond motifs is 1. The van der Waals surface area contributed by atoms with Crippen LogP contribution in [0.1, 0.15) is 16.1 Å². The minimum absolute atomic E-state index is 0.0483. The van der Waals surface area contributed by atoms with Crippen LogP contribution in [0.25, 0.3) is 11.0 Å². The van der Waals surface area contributed by atoms with E-state index in [-0.39, 0.29) is 23.0 Å². The maximum Gasteiger partial charge on any atom is 0.202 e. The third-order valence-electron chi connectivity index (χ3n) is 3.12. The molecular formula is C16H9Cl2FO2. The first kappa shape index (κ1) is 14.1. The first-order valence-electron chi connectivity index (χ1n) is 6.19. The fourth-order valence-corrected chi connectivity index (χ4v) is 2.49. The summed E-state index contributed by atoms with van der Waals surface area (Å²) in [5.41, 5.74) is 1.15. The normalized spacial score (nSPS) is 11.0. The van der Waals surface area contributed by atoms with Crippen molar-refractivity contribution in [1.29, 1.82) is 0 Å². The first-order valence-corrected chi connectivity index (χ1v) is 6.95. The summed E-state index contributed by atoms with van der Waals surface area (Å²) in [6.07, 6.45) is 0.0483. The Morgan fingerprint density at radius 1 is 1.10 bits per heavy atom. The third kappa shape index (κ3) is 2.94. The number of Topliss-reactive ketones (excluding diaryl/α,β-unsaturated/α-hetero) is 1. The lowest BCUT2D eigenvalue weighted by molar-refractivity contribution is 0.0968. The summed E-state index contributed by atoms with van der Waals surface area (Å²) < 4.78 is 18.5. The zero-order valence-corrected chi connectivity index (χ0v) is 12.2. The van der Waals surface area contributed by atoms with E-state index >= 15 is 0 Å². The lowest BCUT2D eigenvalue weighted by Gasteiger charge is -2.02. The van der Waals surface area contributed by atoms with Crippen LogP contribution >= 0.6 is 23.2 Å². The number of hydrogen-bond donors (Lipinski definition) is 0. The molecule has 0 spiro atoms. The molecule has 0 aliphatic rings. The second-order valence-corrected chi connectivity index (χ2v) is 5.47. The number of ketones is 1. The van der Waals surface area contributed by atoms with Crippen molar-refractivity contribution in [2.45, 2.75) is 6.42 Å². The predicted molar refractivity (Wildman–Crippen MR) is 80.7 cm³/mol. The number of halogens is 3. The predicted octanol–water partition coefficient (Wildman–Crippen LogP) is 5.30. The number of benzene rings is 2. The van der Waals surface area contributed by atoms with Gasteiger partial charge in [-0.1, -0.05) is 29.3 Å². The van der Waals surface area contributed by atoms with Gasteiger partial charge in [0.05, 0.1) is 0 Å². The molecule has 0 atom stereocenters. The van der Waals surface area contributed by atoms with Crippen LogP contribution in [0, 0.1) is 5.82 Å². The van der Waals surface area contributed by atoms with Gasteiger partial charge in [-0.15, -0.1) is 0 Å². The molecule has 0 bridgehead atoms. The number of carbonyl (C=O) groups is 1. The molecule has 106 valence electrons. The van der Waals surface area contributed by atoms with Crippen LogP contribution in [0.3, 0.4) is 0 Å². The Bertz CT molecular complexity index is 839. The monoisotopic (exact) mass is 322 g/mol. The van der Waals surface area contributed by atoms with Gasteiger partial charge in [-0.2, -0.15) is 0 Å². The highest BCUT2D eigenvalue weighted by Gasteiger charge is 2.15. The Kier molecular flexibility index (Phi) is 3.70. The van der Waals surface area contributed by atoms with Crippen LogP contribution < -0.4 is 0 Å². The molecule has 0 aliphatic carbocycles. The summed E-state index contributed by atoms with van der Waals surface area (Å²) in [6, 6.07) is 10.7. The summed E-state index contributed by atoms with van der Waals surface area (Å²) in [5, 5.41) is 1.56. The molecule has 5 heteroatoms. The van der Waals surface area contributed by atoms with Crippen LogP contribution in [0.15, 0.2) is 46.9 Å². The van der Waals surface area contributed by atoms with Crippen molar-refractivity contribution in [2.75, 3.05) is 0 Å². The highest BCUT2D eigenvalue weighted by Crippen LogP contribution is 2.25. The molecule has 0 N–H and O–H groups in total. The topological polar surface area (TPSA) is 30.2 Å². The van der Waals surface area contributed by atoms with Gasteiger partial charge in [0.25, 0.3) is 0 Å². The van der Waals surface area contributed by atoms with Crippen molar-refractivity contribution in [3.8, 4) is 0 Å².